The summed E-state index contributed by atoms with van der Waals surface area (Å²) in [5, 5.41) is 17.5. The van der Waals surface area contributed by atoms with Crippen LogP contribution >= 0.6 is 15.9 Å². The molecule has 4 heteroatoms. The number of halogens is 1. The molecule has 0 rings (SSSR count). The van der Waals surface area contributed by atoms with Gasteiger partial charge < -0.3 is 10.2 Å². The number of aliphatic carboxylic acids is 1. The molecule has 0 aromatic rings. The smallest absolute Gasteiger partial charge is 0.300 e. The van der Waals surface area contributed by atoms with Crippen molar-refractivity contribution in [2.75, 3.05) is 5.33 Å². The second-order valence-corrected chi connectivity index (χ2v) is 7.01. The molecule has 0 heterocycles. The lowest BCUT2D eigenvalue weighted by molar-refractivity contribution is -0.134. The summed E-state index contributed by atoms with van der Waals surface area (Å²) in [4.78, 5) is 9.00. The van der Waals surface area contributed by atoms with Crippen LogP contribution in [0.5, 0.6) is 0 Å². The highest BCUT2D eigenvalue weighted by molar-refractivity contribution is 9.09. The maximum atomic E-state index is 9.39. The summed E-state index contributed by atoms with van der Waals surface area (Å²) in [6, 6.07) is 0. The molecule has 0 aliphatic heterocycles. The zero-order valence-electron chi connectivity index (χ0n) is 15.4. The minimum atomic E-state index is -0.833. The van der Waals surface area contributed by atoms with E-state index < -0.39 is 5.97 Å². The Labute approximate surface area is 152 Å². The zero-order chi connectivity index (χ0) is 17.8. The van der Waals surface area contributed by atoms with Crippen molar-refractivity contribution in [1.82, 2.24) is 0 Å². The van der Waals surface area contributed by atoms with Gasteiger partial charge in [0.25, 0.3) is 5.97 Å². The van der Waals surface area contributed by atoms with E-state index in [9.17, 15) is 5.11 Å². The second kappa shape index (κ2) is 21.9. The molecule has 0 amide bonds. The number of unbranched alkanes of at least 4 members (excludes halogenated alkanes) is 12. The fourth-order valence-corrected chi connectivity index (χ4v) is 2.80. The summed E-state index contributed by atoms with van der Waals surface area (Å²) in [5.74, 6) is -0.833. The van der Waals surface area contributed by atoms with Crippen LogP contribution in [0.4, 0.5) is 0 Å². The molecule has 0 aliphatic rings. The Hall–Kier alpha value is -0.0900. The third-order valence-electron chi connectivity index (χ3n) is 3.82. The van der Waals surface area contributed by atoms with Crippen LogP contribution in [-0.4, -0.2) is 27.6 Å². The van der Waals surface area contributed by atoms with E-state index in [4.69, 9.17) is 9.90 Å². The van der Waals surface area contributed by atoms with Gasteiger partial charge in [-0.3, -0.25) is 4.79 Å². The Kier molecular flexibility index (Phi) is 24.0. The number of aliphatic hydroxyl groups is 1. The fraction of sp³-hybridized carbons (Fsp3) is 0.947. The lowest BCUT2D eigenvalue weighted by atomic mass is 10.0. The number of rotatable bonds is 15. The molecule has 1 atom stereocenters. The molecule has 2 N–H and O–H groups in total. The molecule has 23 heavy (non-hydrogen) atoms. The van der Waals surface area contributed by atoms with E-state index in [2.05, 4.69) is 22.9 Å². The van der Waals surface area contributed by atoms with Crippen LogP contribution in [0.15, 0.2) is 0 Å². The van der Waals surface area contributed by atoms with Gasteiger partial charge in [-0.25, -0.2) is 0 Å². The Morgan fingerprint density at radius 1 is 0.826 bits per heavy atom. The summed E-state index contributed by atoms with van der Waals surface area (Å²) in [6.07, 6.45) is 18.9. The van der Waals surface area contributed by atoms with Crippen LogP contribution in [0.3, 0.4) is 0 Å². The Morgan fingerprint density at radius 2 is 1.13 bits per heavy atom. The molecule has 0 spiro atoms. The standard InChI is InChI=1S/C17H35BrO.C2H4O2/c1-2-3-4-5-6-7-8-9-10-11-12-13-14-15-17(19)16-18;1-2(3)4/h17,19H,2-16H2,1H3;1H3,(H,3,4). The lowest BCUT2D eigenvalue weighted by Crippen LogP contribution is -2.06. The minimum absolute atomic E-state index is 0.132. The number of hydrogen-bond acceptors (Lipinski definition) is 2. The van der Waals surface area contributed by atoms with Gasteiger partial charge in [-0.05, 0) is 6.42 Å². The second-order valence-electron chi connectivity index (χ2n) is 6.36. The van der Waals surface area contributed by atoms with Crippen molar-refractivity contribution in [3.05, 3.63) is 0 Å². The summed E-state index contributed by atoms with van der Waals surface area (Å²) >= 11 is 3.30. The topological polar surface area (TPSA) is 57.5 Å². The van der Waals surface area contributed by atoms with E-state index in [1.54, 1.807) is 0 Å². The van der Waals surface area contributed by atoms with Gasteiger partial charge >= 0.3 is 0 Å². The molecule has 0 saturated heterocycles. The average molecular weight is 395 g/mol. The van der Waals surface area contributed by atoms with E-state index in [0.29, 0.717) is 0 Å². The predicted octanol–water partition coefficient (Wildman–Crippen LogP) is 6.31. The molecule has 0 aromatic heterocycles. The molecule has 0 aromatic carbocycles. The largest absolute Gasteiger partial charge is 0.481 e. The monoisotopic (exact) mass is 394 g/mol. The quantitative estimate of drug-likeness (QED) is 0.252. The van der Waals surface area contributed by atoms with Crippen molar-refractivity contribution in [1.29, 1.82) is 0 Å². The van der Waals surface area contributed by atoms with E-state index in [1.807, 2.05) is 0 Å². The van der Waals surface area contributed by atoms with Crippen molar-refractivity contribution in [2.24, 2.45) is 0 Å². The number of carboxylic acids is 1. The van der Waals surface area contributed by atoms with Gasteiger partial charge in [0.15, 0.2) is 0 Å². The summed E-state index contributed by atoms with van der Waals surface area (Å²) in [7, 11) is 0. The third kappa shape index (κ3) is 30.4. The number of aliphatic hydroxyl groups excluding tert-OH is 1. The van der Waals surface area contributed by atoms with Crippen LogP contribution in [0.2, 0.25) is 0 Å². The number of alkyl halides is 1. The highest BCUT2D eigenvalue weighted by atomic mass is 79.9. The zero-order valence-corrected chi connectivity index (χ0v) is 17.0. The third-order valence-corrected chi connectivity index (χ3v) is 4.57. The Morgan fingerprint density at radius 3 is 1.43 bits per heavy atom. The van der Waals surface area contributed by atoms with Gasteiger partial charge in [-0.15, -0.1) is 0 Å². The van der Waals surface area contributed by atoms with Crippen molar-refractivity contribution < 1.29 is 15.0 Å². The van der Waals surface area contributed by atoms with Crippen LogP contribution in [-0.2, 0) is 4.79 Å². The molecular weight excluding hydrogens is 356 g/mol. The van der Waals surface area contributed by atoms with Crippen LogP contribution in [0, 0.1) is 0 Å². The highest BCUT2D eigenvalue weighted by Crippen LogP contribution is 2.13. The number of carbonyl (C=O) groups is 1. The molecule has 0 radical (unpaired) electrons. The maximum Gasteiger partial charge on any atom is 0.300 e. The number of carboxylic acid groups (broad SMARTS) is 1. The molecule has 0 aliphatic carbocycles. The highest BCUT2D eigenvalue weighted by Gasteiger charge is 2.00. The Balaban J connectivity index is 0. The molecule has 140 valence electrons. The van der Waals surface area contributed by atoms with Crippen molar-refractivity contribution in [3.63, 3.8) is 0 Å². The van der Waals surface area contributed by atoms with Gasteiger partial charge in [0.2, 0.25) is 0 Å². The molecular formula is C19H39BrO3. The van der Waals surface area contributed by atoms with Gasteiger partial charge in [-0.2, -0.15) is 0 Å². The molecule has 1 unspecified atom stereocenters. The molecule has 0 saturated carbocycles. The van der Waals surface area contributed by atoms with E-state index >= 15 is 0 Å². The maximum absolute atomic E-state index is 9.39. The van der Waals surface area contributed by atoms with Gasteiger partial charge in [0.1, 0.15) is 0 Å². The van der Waals surface area contributed by atoms with Crippen LogP contribution in [0.1, 0.15) is 104 Å². The molecule has 3 nitrogen and oxygen atoms in total. The van der Waals surface area contributed by atoms with E-state index in [-0.39, 0.29) is 6.10 Å². The summed E-state index contributed by atoms with van der Waals surface area (Å²) < 4.78 is 0. The first-order chi connectivity index (χ1) is 11.0. The predicted molar refractivity (Wildman–Crippen MR) is 103 cm³/mol. The van der Waals surface area contributed by atoms with Crippen molar-refractivity contribution in [3.8, 4) is 0 Å². The van der Waals surface area contributed by atoms with Crippen molar-refractivity contribution >= 4 is 21.9 Å². The SMILES string of the molecule is CC(=O)O.CCCCCCCCCCCCCCCC(O)CBr. The minimum Gasteiger partial charge on any atom is -0.481 e. The lowest BCUT2D eigenvalue weighted by Gasteiger charge is -2.06. The molecule has 0 fully saturated rings. The van der Waals surface area contributed by atoms with E-state index in [1.165, 1.54) is 83.5 Å². The van der Waals surface area contributed by atoms with Gasteiger partial charge in [-0.1, -0.05) is 106 Å². The first-order valence-electron chi connectivity index (χ1n) is 9.48. The first-order valence-corrected chi connectivity index (χ1v) is 10.6. The molecule has 0 bridgehead atoms. The van der Waals surface area contributed by atoms with Crippen LogP contribution < -0.4 is 0 Å². The summed E-state index contributed by atoms with van der Waals surface area (Å²) in [6.45, 7) is 3.36. The Bertz CT molecular complexity index is 231. The average Bonchev–Trinajstić information content (AvgIpc) is 2.51. The van der Waals surface area contributed by atoms with Gasteiger partial charge in [0.05, 0.1) is 6.10 Å². The normalized spacial score (nSPS) is 11.7. The first kappa shape index (κ1) is 25.2. The fourth-order valence-electron chi connectivity index (χ4n) is 2.47. The van der Waals surface area contributed by atoms with Crippen LogP contribution in [0.25, 0.3) is 0 Å². The van der Waals surface area contributed by atoms with Gasteiger partial charge in [0, 0.05) is 12.3 Å². The number of hydrogen-bond donors (Lipinski definition) is 2. The van der Waals surface area contributed by atoms with Crippen molar-refractivity contribution in [2.45, 2.75) is 110 Å². The van der Waals surface area contributed by atoms with E-state index in [0.717, 1.165) is 18.7 Å². The summed E-state index contributed by atoms with van der Waals surface area (Å²) in [5.41, 5.74) is 0.